The Balaban J connectivity index is 1.39. The first kappa shape index (κ1) is 18.7. The third-order valence-electron chi connectivity index (χ3n) is 5.76. The van der Waals surface area contributed by atoms with E-state index in [9.17, 15) is 4.79 Å². The van der Waals surface area contributed by atoms with Gasteiger partial charge in [-0.25, -0.2) is 0 Å². The number of amides is 1. The number of carbonyl (C=O) groups excluding carboxylic acids is 1. The molecular weight excluding hydrogens is 350 g/mol. The van der Waals surface area contributed by atoms with Crippen LogP contribution in [0, 0.1) is 5.92 Å². The predicted octanol–water partition coefficient (Wildman–Crippen LogP) is 3.34. The highest BCUT2D eigenvalue weighted by Crippen LogP contribution is 2.28. The Bertz CT molecular complexity index is 820. The molecule has 0 aliphatic carbocycles. The van der Waals surface area contributed by atoms with Crippen LogP contribution in [0.5, 0.6) is 5.75 Å². The molecule has 1 amide bonds. The first-order valence-corrected chi connectivity index (χ1v) is 9.98. The van der Waals surface area contributed by atoms with Crippen LogP contribution in [0.4, 0.5) is 0 Å². The molecule has 2 bridgehead atoms. The second-order valence-electron chi connectivity index (χ2n) is 7.65. The van der Waals surface area contributed by atoms with Gasteiger partial charge in [-0.3, -0.25) is 14.7 Å². The van der Waals surface area contributed by atoms with E-state index >= 15 is 0 Å². The zero-order chi connectivity index (χ0) is 19.3. The summed E-state index contributed by atoms with van der Waals surface area (Å²) in [6, 6.07) is 14.1. The monoisotopic (exact) mass is 377 g/mol. The molecule has 0 N–H and O–H groups in total. The Morgan fingerprint density at radius 2 is 2.00 bits per heavy atom. The molecule has 5 heteroatoms. The molecule has 0 radical (unpaired) electrons. The second kappa shape index (κ2) is 8.57. The van der Waals surface area contributed by atoms with E-state index < -0.39 is 0 Å². The average Bonchev–Trinajstić information content (AvgIpc) is 3.06. The van der Waals surface area contributed by atoms with E-state index in [1.807, 2.05) is 35.2 Å². The van der Waals surface area contributed by atoms with E-state index in [4.69, 9.17) is 4.74 Å². The number of hydrogen-bond acceptors (Lipinski definition) is 4. The predicted molar refractivity (Wildman–Crippen MR) is 110 cm³/mol. The Labute approximate surface area is 166 Å². The maximum Gasteiger partial charge on any atom is 0.272 e. The van der Waals surface area contributed by atoms with Crippen molar-refractivity contribution in [1.82, 2.24) is 14.8 Å². The highest BCUT2D eigenvalue weighted by atomic mass is 16.5. The van der Waals surface area contributed by atoms with Crippen LogP contribution in [-0.4, -0.2) is 60.0 Å². The fraction of sp³-hybridized carbons (Fsp3) is 0.391. The highest BCUT2D eigenvalue weighted by molar-refractivity contribution is 5.92. The van der Waals surface area contributed by atoms with Crippen LogP contribution in [0.2, 0.25) is 0 Å². The van der Waals surface area contributed by atoms with Gasteiger partial charge in [-0.05, 0) is 48.6 Å². The van der Waals surface area contributed by atoms with Crippen LogP contribution in [0.3, 0.4) is 0 Å². The normalized spacial score (nSPS) is 22.4. The lowest BCUT2D eigenvalue weighted by atomic mass is 9.95. The fourth-order valence-electron chi connectivity index (χ4n) is 4.26. The standard InChI is InChI=1S/C23H27N3O2/c1-28-21-11-8-18(9-12-21)5-4-14-25-15-19-7-10-20(25)17-26(16-19)23(27)22-6-2-3-13-24-22/h2-6,8-9,11-13,19-20H,7,10,14-17H2,1H3/b5-4+/t19-,20-/m1/s1. The SMILES string of the molecule is COc1ccc(/C=C/CN2C[C@H]3CC[C@@H]2CN(C(=O)c2ccccn2)C3)cc1. The first-order valence-electron chi connectivity index (χ1n) is 9.98. The molecule has 2 atom stereocenters. The minimum absolute atomic E-state index is 0.0631. The van der Waals surface area contributed by atoms with Gasteiger partial charge < -0.3 is 9.64 Å². The van der Waals surface area contributed by atoms with Gasteiger partial charge in [0.15, 0.2) is 0 Å². The molecule has 2 aromatic rings. The summed E-state index contributed by atoms with van der Waals surface area (Å²) in [5.74, 6) is 1.48. The minimum Gasteiger partial charge on any atom is -0.497 e. The lowest BCUT2D eigenvalue weighted by molar-refractivity contribution is 0.0734. The Kier molecular flexibility index (Phi) is 5.72. The molecule has 3 saturated heterocycles. The molecule has 1 aromatic heterocycles. The zero-order valence-corrected chi connectivity index (χ0v) is 16.3. The van der Waals surface area contributed by atoms with Crippen LogP contribution < -0.4 is 4.74 Å². The number of ether oxygens (including phenoxy) is 1. The molecule has 146 valence electrons. The van der Waals surface area contributed by atoms with Crippen LogP contribution in [0.1, 0.15) is 28.9 Å². The number of nitrogens with zero attached hydrogens (tertiary/aromatic N) is 3. The Morgan fingerprint density at radius 1 is 1.14 bits per heavy atom. The van der Waals surface area contributed by atoms with E-state index in [1.165, 1.54) is 12.0 Å². The molecule has 0 spiro atoms. The molecule has 3 aliphatic heterocycles. The third-order valence-corrected chi connectivity index (χ3v) is 5.76. The first-order chi connectivity index (χ1) is 13.7. The van der Waals surface area contributed by atoms with E-state index in [2.05, 4.69) is 34.2 Å². The van der Waals surface area contributed by atoms with Gasteiger partial charge in [-0.2, -0.15) is 0 Å². The number of aromatic nitrogens is 1. The highest BCUT2D eigenvalue weighted by Gasteiger charge is 2.36. The van der Waals surface area contributed by atoms with Crippen molar-refractivity contribution in [1.29, 1.82) is 0 Å². The maximum absolute atomic E-state index is 12.9. The van der Waals surface area contributed by atoms with Gasteiger partial charge in [0.2, 0.25) is 0 Å². The number of carbonyl (C=O) groups is 1. The van der Waals surface area contributed by atoms with Crippen molar-refractivity contribution >= 4 is 12.0 Å². The molecule has 1 aromatic carbocycles. The molecule has 4 heterocycles. The summed E-state index contributed by atoms with van der Waals surface area (Å²) >= 11 is 0. The van der Waals surface area contributed by atoms with Gasteiger partial charge in [0.05, 0.1) is 7.11 Å². The van der Waals surface area contributed by atoms with E-state index in [0.717, 1.165) is 38.3 Å². The quantitative estimate of drug-likeness (QED) is 0.802. The van der Waals surface area contributed by atoms with Crippen molar-refractivity contribution in [2.24, 2.45) is 5.92 Å². The van der Waals surface area contributed by atoms with Crippen LogP contribution in [0.15, 0.2) is 54.7 Å². The van der Waals surface area contributed by atoms with Crippen molar-refractivity contribution < 1.29 is 9.53 Å². The molecule has 3 aliphatic rings. The van der Waals surface area contributed by atoms with Crippen LogP contribution in [-0.2, 0) is 0 Å². The summed E-state index contributed by atoms with van der Waals surface area (Å²) < 4.78 is 5.21. The minimum atomic E-state index is 0.0631. The van der Waals surface area contributed by atoms with Gasteiger partial charge in [-0.15, -0.1) is 0 Å². The van der Waals surface area contributed by atoms with Gasteiger partial charge in [-0.1, -0.05) is 30.4 Å². The van der Waals surface area contributed by atoms with Crippen LogP contribution in [0.25, 0.3) is 6.08 Å². The summed E-state index contributed by atoms with van der Waals surface area (Å²) in [5, 5.41) is 0. The lowest BCUT2D eigenvalue weighted by Gasteiger charge is -2.35. The number of pyridine rings is 1. The number of piperidine rings is 1. The molecule has 5 nitrogen and oxygen atoms in total. The number of benzene rings is 1. The van der Waals surface area contributed by atoms with Crippen LogP contribution >= 0.6 is 0 Å². The van der Waals surface area contributed by atoms with Gasteiger partial charge in [0.25, 0.3) is 5.91 Å². The van der Waals surface area contributed by atoms with E-state index in [0.29, 0.717) is 17.7 Å². The summed E-state index contributed by atoms with van der Waals surface area (Å²) in [6.07, 6.45) is 8.45. The van der Waals surface area contributed by atoms with Gasteiger partial charge in [0, 0.05) is 38.4 Å². The molecule has 0 unspecified atom stereocenters. The lowest BCUT2D eigenvalue weighted by Crippen LogP contribution is -2.44. The Morgan fingerprint density at radius 3 is 2.75 bits per heavy atom. The second-order valence-corrected chi connectivity index (χ2v) is 7.65. The average molecular weight is 377 g/mol. The largest absolute Gasteiger partial charge is 0.497 e. The van der Waals surface area contributed by atoms with E-state index in [1.54, 1.807) is 13.3 Å². The summed E-state index contributed by atoms with van der Waals surface area (Å²) in [4.78, 5) is 21.6. The molecule has 5 rings (SSSR count). The van der Waals surface area contributed by atoms with Crippen molar-refractivity contribution in [3.8, 4) is 5.75 Å². The third kappa shape index (κ3) is 4.25. The van der Waals surface area contributed by atoms with Crippen molar-refractivity contribution in [3.63, 3.8) is 0 Å². The summed E-state index contributed by atoms with van der Waals surface area (Å²) in [6.45, 7) is 3.61. The molecule has 0 saturated carbocycles. The molecule has 3 fully saturated rings. The number of fused-ring (bicyclic) bond motifs is 4. The summed E-state index contributed by atoms with van der Waals surface area (Å²) in [7, 11) is 1.68. The topological polar surface area (TPSA) is 45.7 Å². The number of rotatable bonds is 5. The van der Waals surface area contributed by atoms with Crippen molar-refractivity contribution in [2.45, 2.75) is 18.9 Å². The Hall–Kier alpha value is -2.66. The number of methoxy groups -OCH3 is 1. The van der Waals surface area contributed by atoms with Gasteiger partial charge in [0.1, 0.15) is 11.4 Å². The van der Waals surface area contributed by atoms with Crippen molar-refractivity contribution in [3.05, 3.63) is 66.0 Å². The zero-order valence-electron chi connectivity index (χ0n) is 16.3. The van der Waals surface area contributed by atoms with Crippen molar-refractivity contribution in [2.75, 3.05) is 33.3 Å². The van der Waals surface area contributed by atoms with E-state index in [-0.39, 0.29) is 5.91 Å². The smallest absolute Gasteiger partial charge is 0.272 e. The summed E-state index contributed by atoms with van der Waals surface area (Å²) in [5.41, 5.74) is 1.72. The number of hydrogen-bond donors (Lipinski definition) is 0. The maximum atomic E-state index is 12.9. The fourth-order valence-corrected chi connectivity index (χ4v) is 4.26. The van der Waals surface area contributed by atoms with Gasteiger partial charge >= 0.3 is 0 Å². The molecule has 28 heavy (non-hydrogen) atoms. The molecular formula is C23H27N3O2.